The number of nitrogens with zero attached hydrogens (tertiary/aromatic N) is 3. The second-order valence-corrected chi connectivity index (χ2v) is 4.33. The monoisotopic (exact) mass is 224 g/mol. The van der Waals surface area contributed by atoms with Gasteiger partial charge in [0.15, 0.2) is 0 Å². The zero-order valence-corrected chi connectivity index (χ0v) is 10.1. The van der Waals surface area contributed by atoms with Crippen LogP contribution in [0, 0.1) is 6.92 Å². The average molecular weight is 224 g/mol. The largest absolute Gasteiger partial charge is 0.424 e. The van der Waals surface area contributed by atoms with E-state index in [0.717, 1.165) is 38.5 Å². The lowest BCUT2D eigenvalue weighted by molar-refractivity contribution is 0.180. The van der Waals surface area contributed by atoms with Crippen molar-refractivity contribution in [3.05, 3.63) is 11.8 Å². The van der Waals surface area contributed by atoms with Crippen molar-refractivity contribution in [2.45, 2.75) is 39.3 Å². The highest BCUT2D eigenvalue weighted by Crippen LogP contribution is 2.13. The third-order valence-corrected chi connectivity index (χ3v) is 2.97. The Hall–Kier alpha value is -0.940. The van der Waals surface area contributed by atoms with E-state index in [4.69, 9.17) is 4.42 Å². The van der Waals surface area contributed by atoms with Crippen molar-refractivity contribution in [3.63, 3.8) is 0 Å². The van der Waals surface area contributed by atoms with E-state index < -0.39 is 0 Å². The molecule has 1 aliphatic rings. The molecule has 16 heavy (non-hydrogen) atoms. The highest BCUT2D eigenvalue weighted by molar-refractivity contribution is 4.85. The fourth-order valence-corrected chi connectivity index (χ4v) is 2.20. The summed E-state index contributed by atoms with van der Waals surface area (Å²) >= 11 is 0. The van der Waals surface area contributed by atoms with Crippen molar-refractivity contribution in [3.8, 4) is 0 Å². The van der Waals surface area contributed by atoms with E-state index >= 15 is 0 Å². The van der Waals surface area contributed by atoms with Gasteiger partial charge < -0.3 is 9.73 Å². The minimum Gasteiger partial charge on any atom is -0.424 e. The summed E-state index contributed by atoms with van der Waals surface area (Å²) in [6, 6.07) is 0.618. The van der Waals surface area contributed by atoms with Crippen molar-refractivity contribution >= 4 is 0 Å². The molecule has 0 aromatic carbocycles. The molecule has 1 unspecified atom stereocenters. The first-order chi connectivity index (χ1) is 7.79. The first-order valence-electron chi connectivity index (χ1n) is 6.03. The number of hydrogen-bond acceptors (Lipinski definition) is 5. The second-order valence-electron chi connectivity index (χ2n) is 4.33. The van der Waals surface area contributed by atoms with Gasteiger partial charge in [-0.3, -0.25) is 4.90 Å². The van der Waals surface area contributed by atoms with E-state index in [2.05, 4.69) is 27.3 Å². The summed E-state index contributed by atoms with van der Waals surface area (Å²) in [7, 11) is 0. The fourth-order valence-electron chi connectivity index (χ4n) is 2.20. The zero-order valence-electron chi connectivity index (χ0n) is 10.1. The van der Waals surface area contributed by atoms with E-state index in [0.29, 0.717) is 11.9 Å². The molecule has 1 aliphatic heterocycles. The minimum atomic E-state index is 0.618. The highest BCUT2D eigenvalue weighted by Gasteiger charge is 2.23. The molecule has 0 spiro atoms. The summed E-state index contributed by atoms with van der Waals surface area (Å²) in [4.78, 5) is 2.44. The van der Waals surface area contributed by atoms with Gasteiger partial charge >= 0.3 is 0 Å². The van der Waals surface area contributed by atoms with Crippen molar-refractivity contribution < 1.29 is 4.42 Å². The molecule has 2 heterocycles. The maximum atomic E-state index is 5.44. The second kappa shape index (κ2) is 5.41. The topological polar surface area (TPSA) is 54.2 Å². The van der Waals surface area contributed by atoms with Crippen LogP contribution in [0.25, 0.3) is 0 Å². The van der Waals surface area contributed by atoms with Gasteiger partial charge in [0.2, 0.25) is 11.8 Å². The molecule has 1 aromatic rings. The number of rotatable bonds is 5. The van der Waals surface area contributed by atoms with Gasteiger partial charge in [0, 0.05) is 19.5 Å². The number of aryl methyl sites for hydroxylation is 1. The fraction of sp³-hybridized carbons (Fsp3) is 0.818. The van der Waals surface area contributed by atoms with Crippen LogP contribution in [-0.4, -0.2) is 40.8 Å². The average Bonchev–Trinajstić information content (AvgIpc) is 2.88. The molecule has 5 nitrogen and oxygen atoms in total. The number of hydrogen-bond donors (Lipinski definition) is 1. The molecule has 5 heteroatoms. The summed E-state index contributed by atoms with van der Waals surface area (Å²) in [5.74, 6) is 1.38. The zero-order chi connectivity index (χ0) is 11.4. The molecular weight excluding hydrogens is 204 g/mol. The van der Waals surface area contributed by atoms with Crippen LogP contribution in [0.2, 0.25) is 0 Å². The predicted octanol–water partition coefficient (Wildman–Crippen LogP) is 0.952. The maximum Gasteiger partial charge on any atom is 0.230 e. The molecule has 2 rings (SSSR count). The quantitative estimate of drug-likeness (QED) is 0.807. The molecule has 0 saturated carbocycles. The molecule has 0 amide bonds. The first-order valence-corrected chi connectivity index (χ1v) is 6.03. The van der Waals surface area contributed by atoms with Gasteiger partial charge in [0.05, 0.1) is 6.54 Å². The molecule has 0 bridgehead atoms. The molecule has 1 saturated heterocycles. The van der Waals surface area contributed by atoms with Crippen LogP contribution in [-0.2, 0) is 6.54 Å². The number of aromatic nitrogens is 2. The van der Waals surface area contributed by atoms with E-state index in [1.54, 1.807) is 0 Å². The predicted molar refractivity (Wildman–Crippen MR) is 61.0 cm³/mol. The van der Waals surface area contributed by atoms with Gasteiger partial charge in [-0.15, -0.1) is 10.2 Å². The smallest absolute Gasteiger partial charge is 0.230 e. The van der Waals surface area contributed by atoms with Gasteiger partial charge in [-0.2, -0.15) is 0 Å². The number of nitrogens with one attached hydrogen (secondary N) is 1. The Kier molecular flexibility index (Phi) is 3.90. The van der Waals surface area contributed by atoms with Crippen molar-refractivity contribution in [1.29, 1.82) is 0 Å². The third-order valence-electron chi connectivity index (χ3n) is 2.97. The van der Waals surface area contributed by atoms with Crippen molar-refractivity contribution in [1.82, 2.24) is 20.4 Å². The summed E-state index contributed by atoms with van der Waals surface area (Å²) in [5, 5.41) is 11.3. The van der Waals surface area contributed by atoms with Crippen LogP contribution in [0.4, 0.5) is 0 Å². The molecule has 1 N–H and O–H groups in total. The molecular formula is C11H20N4O. The Labute approximate surface area is 96.2 Å². The summed E-state index contributed by atoms with van der Waals surface area (Å²) in [5.41, 5.74) is 0. The Morgan fingerprint density at radius 2 is 2.38 bits per heavy atom. The summed E-state index contributed by atoms with van der Waals surface area (Å²) in [6.07, 6.45) is 2.37. The summed E-state index contributed by atoms with van der Waals surface area (Å²) in [6.45, 7) is 8.10. The summed E-state index contributed by atoms with van der Waals surface area (Å²) < 4.78 is 5.44. The van der Waals surface area contributed by atoms with Gasteiger partial charge in [-0.1, -0.05) is 6.92 Å². The van der Waals surface area contributed by atoms with Gasteiger partial charge in [-0.25, -0.2) is 0 Å². The van der Waals surface area contributed by atoms with Crippen molar-refractivity contribution in [2.24, 2.45) is 0 Å². The first kappa shape index (κ1) is 11.5. The van der Waals surface area contributed by atoms with Crippen LogP contribution < -0.4 is 5.32 Å². The van der Waals surface area contributed by atoms with E-state index in [1.807, 2.05) is 6.92 Å². The van der Waals surface area contributed by atoms with E-state index in [9.17, 15) is 0 Å². The van der Waals surface area contributed by atoms with Crippen LogP contribution in [0.5, 0.6) is 0 Å². The minimum absolute atomic E-state index is 0.618. The lowest BCUT2D eigenvalue weighted by Gasteiger charge is -2.26. The van der Waals surface area contributed by atoms with E-state index in [1.165, 1.54) is 6.42 Å². The Morgan fingerprint density at radius 1 is 1.50 bits per heavy atom. The standard InChI is InChI=1S/C11H20N4O/c1-3-6-15(10-4-5-12-7-10)8-11-14-13-9(2)16-11/h10,12H,3-8H2,1-2H3. The van der Waals surface area contributed by atoms with E-state index in [-0.39, 0.29) is 0 Å². The Bertz CT molecular complexity index is 320. The molecule has 1 fully saturated rings. The molecule has 1 aromatic heterocycles. The SMILES string of the molecule is CCCN(Cc1nnc(C)o1)C1CCNC1. The van der Waals surface area contributed by atoms with Crippen LogP contribution in [0.3, 0.4) is 0 Å². The molecule has 0 aliphatic carbocycles. The van der Waals surface area contributed by atoms with Crippen LogP contribution >= 0.6 is 0 Å². The van der Waals surface area contributed by atoms with Crippen molar-refractivity contribution in [2.75, 3.05) is 19.6 Å². The Morgan fingerprint density at radius 3 is 2.94 bits per heavy atom. The van der Waals surface area contributed by atoms with Crippen LogP contribution in [0.1, 0.15) is 31.5 Å². The molecule has 1 atom stereocenters. The van der Waals surface area contributed by atoms with Gasteiger partial charge in [0.25, 0.3) is 0 Å². The van der Waals surface area contributed by atoms with Gasteiger partial charge in [0.1, 0.15) is 0 Å². The van der Waals surface area contributed by atoms with Gasteiger partial charge in [-0.05, 0) is 25.9 Å². The molecule has 90 valence electrons. The molecule has 0 radical (unpaired) electrons. The normalized spacial score (nSPS) is 20.8. The third kappa shape index (κ3) is 2.80. The lowest BCUT2D eigenvalue weighted by Crippen LogP contribution is -2.37. The van der Waals surface area contributed by atoms with Crippen LogP contribution in [0.15, 0.2) is 4.42 Å². The highest BCUT2D eigenvalue weighted by atomic mass is 16.4. The Balaban J connectivity index is 1.96. The maximum absolute atomic E-state index is 5.44. The lowest BCUT2D eigenvalue weighted by atomic mass is 10.2.